The molecule has 0 saturated carbocycles. The Kier molecular flexibility index (Phi) is 9.87. The lowest BCUT2D eigenvalue weighted by atomic mass is 10.1. The van der Waals surface area contributed by atoms with E-state index in [1.807, 2.05) is 12.1 Å². The van der Waals surface area contributed by atoms with Crippen LogP contribution in [-0.4, -0.2) is 18.8 Å². The molecule has 0 fully saturated rings. The van der Waals surface area contributed by atoms with Crippen LogP contribution in [0.3, 0.4) is 0 Å². The first kappa shape index (κ1) is 19.3. The van der Waals surface area contributed by atoms with Crippen LogP contribution < -0.4 is 16.2 Å². The van der Waals surface area contributed by atoms with Crippen LogP contribution in [0, 0.1) is 0 Å². The monoisotopic (exact) mass is 338 g/mol. The van der Waals surface area contributed by atoms with E-state index < -0.39 is 0 Å². The Labute approximate surface area is 143 Å². The van der Waals surface area contributed by atoms with Crippen molar-refractivity contribution in [3.63, 3.8) is 0 Å². The highest BCUT2D eigenvalue weighted by molar-refractivity contribution is 6.33. The molecule has 0 radical (unpaired) electrons. The summed E-state index contributed by atoms with van der Waals surface area (Å²) < 4.78 is 5.72. The van der Waals surface area contributed by atoms with Gasteiger partial charge in [-0.1, -0.05) is 57.0 Å². The Balaban J connectivity index is 2.29. The topological polar surface area (TPSA) is 86.0 Å². The number of guanidine groups is 1. The SMILES string of the molecule is CCCCCCCCCOc1ccc(/C=N\N=C(N)N)c(Cl)c1. The molecule has 1 aromatic rings. The van der Waals surface area contributed by atoms with Gasteiger partial charge in [0.05, 0.1) is 17.8 Å². The van der Waals surface area contributed by atoms with E-state index in [1.165, 1.54) is 44.7 Å². The van der Waals surface area contributed by atoms with E-state index in [0.717, 1.165) is 17.7 Å². The fraction of sp³-hybridized carbons (Fsp3) is 0.529. The van der Waals surface area contributed by atoms with Crippen LogP contribution in [0.15, 0.2) is 28.4 Å². The van der Waals surface area contributed by atoms with Gasteiger partial charge in [-0.15, -0.1) is 5.10 Å². The van der Waals surface area contributed by atoms with Crippen LogP contribution in [0.4, 0.5) is 0 Å². The van der Waals surface area contributed by atoms with Gasteiger partial charge in [0.25, 0.3) is 0 Å². The second kappa shape index (κ2) is 11.8. The van der Waals surface area contributed by atoms with Crippen molar-refractivity contribution in [1.29, 1.82) is 0 Å². The van der Waals surface area contributed by atoms with Crippen LogP contribution in [0.25, 0.3) is 0 Å². The maximum Gasteiger partial charge on any atom is 0.211 e. The van der Waals surface area contributed by atoms with E-state index >= 15 is 0 Å². The van der Waals surface area contributed by atoms with Gasteiger partial charge in [0.2, 0.25) is 5.96 Å². The standard InChI is InChI=1S/C17H27ClN4O/c1-2-3-4-5-6-7-8-11-23-15-10-9-14(16(18)12-15)13-21-22-17(19)20/h9-10,12-13H,2-8,11H2,1H3,(H4,19,20,22)/b21-13-. The largest absolute Gasteiger partial charge is 0.494 e. The third kappa shape index (κ3) is 9.08. The zero-order chi connectivity index (χ0) is 16.9. The smallest absolute Gasteiger partial charge is 0.211 e. The Bertz CT molecular complexity index is 513. The maximum absolute atomic E-state index is 6.17. The summed E-state index contributed by atoms with van der Waals surface area (Å²) in [6.45, 7) is 2.95. The molecule has 0 saturated heterocycles. The Morgan fingerprint density at radius 1 is 1.13 bits per heavy atom. The zero-order valence-electron chi connectivity index (χ0n) is 13.8. The highest BCUT2D eigenvalue weighted by Crippen LogP contribution is 2.21. The maximum atomic E-state index is 6.17. The molecule has 0 spiro atoms. The van der Waals surface area contributed by atoms with Crippen molar-refractivity contribution in [3.05, 3.63) is 28.8 Å². The van der Waals surface area contributed by atoms with Crippen molar-refractivity contribution in [2.24, 2.45) is 21.7 Å². The first-order chi connectivity index (χ1) is 11.1. The number of hydrogen-bond donors (Lipinski definition) is 2. The molecule has 128 valence electrons. The number of halogens is 1. The van der Waals surface area contributed by atoms with Crippen molar-refractivity contribution in [2.45, 2.75) is 51.9 Å². The summed E-state index contributed by atoms with van der Waals surface area (Å²) >= 11 is 6.17. The molecule has 1 aromatic carbocycles. The molecule has 5 nitrogen and oxygen atoms in total. The van der Waals surface area contributed by atoms with Crippen molar-refractivity contribution in [3.8, 4) is 5.75 Å². The van der Waals surface area contributed by atoms with E-state index in [1.54, 1.807) is 6.07 Å². The minimum absolute atomic E-state index is 0.0907. The molecule has 0 aliphatic heterocycles. The van der Waals surface area contributed by atoms with Gasteiger partial charge < -0.3 is 16.2 Å². The molecule has 0 unspecified atom stereocenters. The zero-order valence-corrected chi connectivity index (χ0v) is 14.6. The lowest BCUT2D eigenvalue weighted by molar-refractivity contribution is 0.304. The predicted molar refractivity (Wildman–Crippen MR) is 98.3 cm³/mol. The normalized spacial score (nSPS) is 10.9. The lowest BCUT2D eigenvalue weighted by Crippen LogP contribution is -2.21. The molecule has 0 amide bonds. The highest BCUT2D eigenvalue weighted by Gasteiger charge is 2.01. The first-order valence-electron chi connectivity index (χ1n) is 8.17. The molecule has 6 heteroatoms. The van der Waals surface area contributed by atoms with Crippen LogP contribution in [0.1, 0.15) is 57.4 Å². The quantitative estimate of drug-likeness (QED) is 0.276. The molecule has 0 aliphatic rings. The average molecular weight is 339 g/mol. The Morgan fingerprint density at radius 3 is 2.48 bits per heavy atom. The number of rotatable bonds is 11. The minimum Gasteiger partial charge on any atom is -0.494 e. The molecule has 23 heavy (non-hydrogen) atoms. The van der Waals surface area contributed by atoms with Gasteiger partial charge in [-0.3, -0.25) is 0 Å². The van der Waals surface area contributed by atoms with Gasteiger partial charge >= 0.3 is 0 Å². The lowest BCUT2D eigenvalue weighted by Gasteiger charge is -2.07. The second-order valence-electron chi connectivity index (χ2n) is 5.42. The van der Waals surface area contributed by atoms with Crippen molar-refractivity contribution in [1.82, 2.24) is 0 Å². The molecule has 0 bridgehead atoms. The second-order valence-corrected chi connectivity index (χ2v) is 5.83. The molecule has 1 rings (SSSR count). The van der Waals surface area contributed by atoms with Crippen LogP contribution in [0.5, 0.6) is 5.75 Å². The highest BCUT2D eigenvalue weighted by atomic mass is 35.5. The van der Waals surface area contributed by atoms with Crippen molar-refractivity contribution < 1.29 is 4.74 Å². The number of nitrogens with zero attached hydrogens (tertiary/aromatic N) is 2. The van der Waals surface area contributed by atoms with Gasteiger partial charge in [-0.05, 0) is 24.6 Å². The van der Waals surface area contributed by atoms with Gasteiger partial charge in [-0.25, -0.2) is 0 Å². The molecule has 0 aromatic heterocycles. The van der Waals surface area contributed by atoms with Crippen LogP contribution in [-0.2, 0) is 0 Å². The number of unbranched alkanes of at least 4 members (excludes halogenated alkanes) is 6. The van der Waals surface area contributed by atoms with Gasteiger partial charge in [0.15, 0.2) is 0 Å². The molecular weight excluding hydrogens is 312 g/mol. The number of ether oxygens (including phenoxy) is 1. The van der Waals surface area contributed by atoms with E-state index in [2.05, 4.69) is 17.1 Å². The van der Waals surface area contributed by atoms with Crippen LogP contribution >= 0.6 is 11.6 Å². The minimum atomic E-state index is -0.0907. The fourth-order valence-electron chi connectivity index (χ4n) is 2.11. The Morgan fingerprint density at radius 2 is 1.83 bits per heavy atom. The molecule has 4 N–H and O–H groups in total. The Hall–Kier alpha value is -1.75. The third-order valence-corrected chi connectivity index (χ3v) is 3.69. The molecule has 0 atom stereocenters. The van der Waals surface area contributed by atoms with E-state index in [9.17, 15) is 0 Å². The van der Waals surface area contributed by atoms with Gasteiger partial charge in [-0.2, -0.15) is 5.10 Å². The summed E-state index contributed by atoms with van der Waals surface area (Å²) in [5, 5.41) is 7.82. The average Bonchev–Trinajstić information content (AvgIpc) is 2.51. The number of nitrogens with two attached hydrogens (primary N) is 2. The van der Waals surface area contributed by atoms with Gasteiger partial charge in [0, 0.05) is 5.56 Å². The summed E-state index contributed by atoms with van der Waals surface area (Å²) in [7, 11) is 0. The summed E-state index contributed by atoms with van der Waals surface area (Å²) in [6, 6.07) is 5.47. The summed E-state index contributed by atoms with van der Waals surface area (Å²) in [6.07, 6.45) is 10.4. The summed E-state index contributed by atoms with van der Waals surface area (Å²) in [5.41, 5.74) is 11.1. The van der Waals surface area contributed by atoms with E-state index in [-0.39, 0.29) is 5.96 Å². The van der Waals surface area contributed by atoms with Crippen LogP contribution in [0.2, 0.25) is 5.02 Å². The van der Waals surface area contributed by atoms with Crippen molar-refractivity contribution in [2.75, 3.05) is 6.61 Å². The molecule has 0 aliphatic carbocycles. The third-order valence-electron chi connectivity index (χ3n) is 3.36. The van der Waals surface area contributed by atoms with Gasteiger partial charge in [0.1, 0.15) is 5.75 Å². The van der Waals surface area contributed by atoms with E-state index in [4.69, 9.17) is 27.8 Å². The van der Waals surface area contributed by atoms with E-state index in [0.29, 0.717) is 11.6 Å². The molecule has 0 heterocycles. The fourth-order valence-corrected chi connectivity index (χ4v) is 2.33. The number of benzene rings is 1. The predicted octanol–water partition coefficient (Wildman–Crippen LogP) is 4.08. The number of hydrogen-bond acceptors (Lipinski definition) is 3. The molecular formula is C17H27ClN4O. The van der Waals surface area contributed by atoms with Crippen molar-refractivity contribution >= 4 is 23.8 Å². The summed E-state index contributed by atoms with van der Waals surface area (Å²) in [4.78, 5) is 0. The first-order valence-corrected chi connectivity index (χ1v) is 8.55. The summed E-state index contributed by atoms with van der Waals surface area (Å²) in [5.74, 6) is 0.673.